The van der Waals surface area contributed by atoms with Crippen LogP contribution in [-0.2, 0) is 6.54 Å². The van der Waals surface area contributed by atoms with Gasteiger partial charge in [0.15, 0.2) is 5.88 Å². The van der Waals surface area contributed by atoms with Crippen molar-refractivity contribution >= 4 is 28.2 Å². The van der Waals surface area contributed by atoms with Gasteiger partial charge in [-0.25, -0.2) is 0 Å². The minimum Gasteiger partial charge on any atom is -0.494 e. The van der Waals surface area contributed by atoms with Crippen molar-refractivity contribution in [1.82, 2.24) is 14.8 Å². The zero-order chi connectivity index (χ0) is 21.1. The van der Waals surface area contributed by atoms with Gasteiger partial charge >= 0.3 is 0 Å². The van der Waals surface area contributed by atoms with Crippen LogP contribution >= 0.6 is 0 Å². The number of H-pyrrole nitrogens is 1. The number of nitrogens with zero attached hydrogens (tertiary/aromatic N) is 3. The summed E-state index contributed by atoms with van der Waals surface area (Å²) in [6.45, 7) is 2.88. The highest BCUT2D eigenvalue weighted by molar-refractivity contribution is 6.14. The van der Waals surface area contributed by atoms with Gasteiger partial charge in [0.25, 0.3) is 5.91 Å². The molecule has 0 saturated heterocycles. The van der Waals surface area contributed by atoms with Gasteiger partial charge in [0.2, 0.25) is 0 Å². The van der Waals surface area contributed by atoms with Crippen LogP contribution < -0.4 is 0 Å². The first kappa shape index (κ1) is 20.6. The van der Waals surface area contributed by atoms with E-state index in [-0.39, 0.29) is 11.8 Å². The summed E-state index contributed by atoms with van der Waals surface area (Å²) in [5, 5.41) is 11.4. The first-order valence-electron chi connectivity index (χ1n) is 9.68. The van der Waals surface area contributed by atoms with E-state index in [4.69, 9.17) is 4.99 Å². The number of hydrogen-bond acceptors (Lipinski definition) is 4. The Kier molecular flexibility index (Phi) is 6.03. The monoisotopic (exact) mass is 392 g/mol. The second kappa shape index (κ2) is 8.49. The molecule has 0 aliphatic rings. The van der Waals surface area contributed by atoms with Crippen molar-refractivity contribution in [2.75, 3.05) is 28.2 Å². The topological polar surface area (TPSA) is 71.9 Å². The van der Waals surface area contributed by atoms with E-state index < -0.39 is 0 Å². The van der Waals surface area contributed by atoms with Gasteiger partial charge in [-0.15, -0.1) is 0 Å². The molecule has 0 fully saturated rings. The number of aromatic hydroxyl groups is 1. The lowest BCUT2D eigenvalue weighted by Gasteiger charge is -2.11. The molecule has 0 aliphatic heterocycles. The summed E-state index contributed by atoms with van der Waals surface area (Å²) >= 11 is 0. The Balaban J connectivity index is 2.04. The van der Waals surface area contributed by atoms with Crippen molar-refractivity contribution in [3.05, 3.63) is 59.2 Å². The molecule has 0 radical (unpaired) electrons. The van der Waals surface area contributed by atoms with Crippen LogP contribution in [0.3, 0.4) is 0 Å². The van der Waals surface area contributed by atoms with Gasteiger partial charge in [-0.1, -0.05) is 19.1 Å². The molecule has 1 aromatic heterocycles. The quantitative estimate of drug-likeness (QED) is 0.619. The summed E-state index contributed by atoms with van der Waals surface area (Å²) < 4.78 is 0. The molecule has 1 amide bonds. The van der Waals surface area contributed by atoms with E-state index in [1.54, 1.807) is 20.2 Å². The molecule has 3 aromatic rings. The van der Waals surface area contributed by atoms with Gasteiger partial charge in [0, 0.05) is 37.1 Å². The van der Waals surface area contributed by atoms with E-state index in [1.165, 1.54) is 10.5 Å². The number of aromatic amines is 1. The average Bonchev–Trinajstić information content (AvgIpc) is 3.01. The number of rotatable bonds is 6. The van der Waals surface area contributed by atoms with Gasteiger partial charge in [-0.2, -0.15) is 0 Å². The fourth-order valence-electron chi connectivity index (χ4n) is 3.37. The predicted molar refractivity (Wildman–Crippen MR) is 118 cm³/mol. The molecule has 3 rings (SSSR count). The highest BCUT2D eigenvalue weighted by Crippen LogP contribution is 2.31. The molecule has 0 saturated carbocycles. The lowest BCUT2D eigenvalue weighted by molar-refractivity contribution is 0.0828. The van der Waals surface area contributed by atoms with E-state index in [0.29, 0.717) is 17.5 Å². The van der Waals surface area contributed by atoms with Gasteiger partial charge in [0.05, 0.1) is 17.0 Å². The zero-order valence-corrected chi connectivity index (χ0v) is 17.7. The maximum Gasteiger partial charge on any atom is 0.253 e. The number of aromatic nitrogens is 1. The predicted octanol–water partition coefficient (Wildman–Crippen LogP) is 4.17. The summed E-state index contributed by atoms with van der Waals surface area (Å²) in [4.78, 5) is 23.8. The number of fused-ring (bicyclic) bond motifs is 1. The maximum atomic E-state index is 12.4. The van der Waals surface area contributed by atoms with Gasteiger partial charge in [-0.3, -0.25) is 9.79 Å². The molecular formula is C23H28N4O2. The maximum absolute atomic E-state index is 12.4. The Hall–Kier alpha value is -3.12. The minimum absolute atomic E-state index is 0.0688. The fourth-order valence-corrected chi connectivity index (χ4v) is 3.37. The molecule has 6 nitrogen and oxygen atoms in total. The van der Waals surface area contributed by atoms with Crippen molar-refractivity contribution in [2.24, 2.45) is 4.99 Å². The van der Waals surface area contributed by atoms with E-state index in [9.17, 15) is 9.90 Å². The molecule has 1 heterocycles. The van der Waals surface area contributed by atoms with Crippen LogP contribution in [0, 0.1) is 0 Å². The lowest BCUT2D eigenvalue weighted by Crippen LogP contribution is -2.21. The van der Waals surface area contributed by atoms with Crippen molar-refractivity contribution in [2.45, 2.75) is 19.9 Å². The Morgan fingerprint density at radius 1 is 1.07 bits per heavy atom. The zero-order valence-electron chi connectivity index (χ0n) is 17.7. The number of nitrogens with one attached hydrogen (secondary N) is 1. The Labute approximate surface area is 171 Å². The van der Waals surface area contributed by atoms with Gasteiger partial charge < -0.3 is 19.9 Å². The molecule has 29 heavy (non-hydrogen) atoms. The first-order valence-corrected chi connectivity index (χ1v) is 9.68. The van der Waals surface area contributed by atoms with E-state index in [2.05, 4.69) is 22.0 Å². The Morgan fingerprint density at radius 3 is 2.34 bits per heavy atom. The van der Waals surface area contributed by atoms with E-state index >= 15 is 0 Å². The normalized spacial score (nSPS) is 12.0. The molecule has 2 aromatic carbocycles. The van der Waals surface area contributed by atoms with Crippen LogP contribution in [0.1, 0.15) is 34.8 Å². The highest BCUT2D eigenvalue weighted by atomic mass is 16.3. The van der Waals surface area contributed by atoms with Crippen molar-refractivity contribution in [3.8, 4) is 5.88 Å². The third kappa shape index (κ3) is 4.49. The number of carbonyl (C=O) groups excluding carboxylic acids is 1. The minimum atomic E-state index is -0.0787. The SMILES string of the molecule is CCC(=Nc1ccc(CN(C)C)cc1)c1c(O)[nH]c2ccc(C(=O)N(C)C)cc12. The number of carbonyl (C=O) groups is 1. The van der Waals surface area contributed by atoms with Crippen molar-refractivity contribution < 1.29 is 9.90 Å². The third-order valence-electron chi connectivity index (χ3n) is 4.75. The van der Waals surface area contributed by atoms with Gasteiger partial charge in [-0.05, 0) is 56.4 Å². The average molecular weight is 393 g/mol. The molecule has 6 heteroatoms. The van der Waals surface area contributed by atoms with Crippen LogP contribution in [0.4, 0.5) is 5.69 Å². The molecule has 0 atom stereocenters. The summed E-state index contributed by atoms with van der Waals surface area (Å²) in [5.74, 6) is -0.00992. The standard InChI is InChI=1S/C23H28N4O2/c1-6-19(24-17-10-7-15(8-11-17)14-26(2)3)21-18-13-16(23(29)27(4)5)9-12-20(18)25-22(21)28/h7-13,25,28H,6,14H2,1-5H3. The number of aliphatic imine (C=N–C) groups is 1. The Morgan fingerprint density at radius 2 is 1.76 bits per heavy atom. The summed E-state index contributed by atoms with van der Waals surface area (Å²) in [6.07, 6.45) is 0.645. The molecular weight excluding hydrogens is 364 g/mol. The second-order valence-corrected chi connectivity index (χ2v) is 7.62. The highest BCUT2D eigenvalue weighted by Gasteiger charge is 2.18. The van der Waals surface area contributed by atoms with E-state index in [0.717, 1.165) is 28.8 Å². The summed E-state index contributed by atoms with van der Waals surface area (Å²) in [7, 11) is 7.52. The molecule has 0 spiro atoms. The second-order valence-electron chi connectivity index (χ2n) is 7.62. The molecule has 2 N–H and O–H groups in total. The molecule has 0 aliphatic carbocycles. The van der Waals surface area contributed by atoms with Crippen LogP contribution in [0.5, 0.6) is 5.88 Å². The fraction of sp³-hybridized carbons (Fsp3) is 0.304. The molecule has 152 valence electrons. The van der Waals surface area contributed by atoms with Crippen LogP contribution in [-0.4, -0.2) is 59.7 Å². The number of hydrogen-bond donors (Lipinski definition) is 2. The van der Waals surface area contributed by atoms with Crippen molar-refractivity contribution in [1.29, 1.82) is 0 Å². The number of benzene rings is 2. The number of amides is 1. The van der Waals surface area contributed by atoms with Crippen molar-refractivity contribution in [3.63, 3.8) is 0 Å². The molecule has 0 bridgehead atoms. The third-order valence-corrected chi connectivity index (χ3v) is 4.75. The van der Waals surface area contributed by atoms with Crippen LogP contribution in [0.15, 0.2) is 47.5 Å². The lowest BCUT2D eigenvalue weighted by atomic mass is 10.0. The van der Waals surface area contributed by atoms with Gasteiger partial charge in [0.1, 0.15) is 0 Å². The van der Waals surface area contributed by atoms with E-state index in [1.807, 2.05) is 45.3 Å². The van der Waals surface area contributed by atoms with Crippen LogP contribution in [0.2, 0.25) is 0 Å². The Bertz CT molecular complexity index is 1050. The smallest absolute Gasteiger partial charge is 0.253 e. The summed E-state index contributed by atoms with van der Waals surface area (Å²) in [5.41, 5.74) is 4.81. The largest absolute Gasteiger partial charge is 0.494 e. The van der Waals surface area contributed by atoms with Crippen LogP contribution in [0.25, 0.3) is 10.9 Å². The summed E-state index contributed by atoms with van der Waals surface area (Å²) in [6, 6.07) is 13.5. The molecule has 0 unspecified atom stereocenters. The first-order chi connectivity index (χ1) is 13.8.